The number of hydrogen-bond donors (Lipinski definition) is 4. The second kappa shape index (κ2) is 6.19. The number of carboxylic acid groups (broad SMARTS) is 1. The molecular weight excluding hydrogens is 260 g/mol. The van der Waals surface area contributed by atoms with Crippen molar-refractivity contribution in [1.82, 2.24) is 10.2 Å². The molecule has 7 nitrogen and oxygen atoms in total. The summed E-state index contributed by atoms with van der Waals surface area (Å²) in [6.07, 6.45) is 5.50. The molecule has 2 amide bonds. The highest BCUT2D eigenvalue weighted by Crippen LogP contribution is 2.12. The Kier molecular flexibility index (Phi) is 4.13. The second-order valence-corrected chi connectivity index (χ2v) is 3.86. The van der Waals surface area contributed by atoms with E-state index in [9.17, 15) is 9.59 Å². The van der Waals surface area contributed by atoms with Crippen LogP contribution in [0.1, 0.15) is 5.56 Å². The van der Waals surface area contributed by atoms with E-state index in [0.29, 0.717) is 16.9 Å². The average molecular weight is 272 g/mol. The third-order valence-corrected chi connectivity index (χ3v) is 2.32. The van der Waals surface area contributed by atoms with Gasteiger partial charge in [0.05, 0.1) is 11.9 Å². The first kappa shape index (κ1) is 13.3. The van der Waals surface area contributed by atoms with Crippen LogP contribution in [0.2, 0.25) is 0 Å². The van der Waals surface area contributed by atoms with Crippen molar-refractivity contribution in [2.24, 2.45) is 0 Å². The lowest BCUT2D eigenvalue weighted by atomic mass is 10.2. The van der Waals surface area contributed by atoms with Crippen molar-refractivity contribution in [1.29, 1.82) is 0 Å². The molecule has 0 aliphatic heterocycles. The molecule has 0 atom stereocenters. The summed E-state index contributed by atoms with van der Waals surface area (Å²) in [7, 11) is 0. The zero-order valence-corrected chi connectivity index (χ0v) is 10.3. The van der Waals surface area contributed by atoms with Gasteiger partial charge in [0.15, 0.2) is 0 Å². The maximum Gasteiger partial charge on any atom is 0.328 e. The van der Waals surface area contributed by atoms with Crippen molar-refractivity contribution in [2.75, 3.05) is 10.6 Å². The summed E-state index contributed by atoms with van der Waals surface area (Å²) < 4.78 is 0. The molecule has 20 heavy (non-hydrogen) atoms. The highest BCUT2D eigenvalue weighted by atomic mass is 16.4. The number of amides is 2. The van der Waals surface area contributed by atoms with Gasteiger partial charge in [-0.1, -0.05) is 12.1 Å². The number of nitrogens with one attached hydrogen (secondary N) is 3. The molecule has 0 unspecified atom stereocenters. The van der Waals surface area contributed by atoms with Crippen LogP contribution in [-0.4, -0.2) is 27.3 Å². The predicted molar refractivity (Wildman–Crippen MR) is 74.3 cm³/mol. The van der Waals surface area contributed by atoms with E-state index >= 15 is 0 Å². The van der Waals surface area contributed by atoms with E-state index < -0.39 is 12.0 Å². The maximum atomic E-state index is 11.7. The van der Waals surface area contributed by atoms with Crippen LogP contribution >= 0.6 is 0 Å². The van der Waals surface area contributed by atoms with Crippen LogP contribution in [-0.2, 0) is 4.79 Å². The van der Waals surface area contributed by atoms with Gasteiger partial charge in [-0.05, 0) is 23.8 Å². The van der Waals surface area contributed by atoms with Crippen molar-refractivity contribution in [3.05, 3.63) is 48.3 Å². The fourth-order valence-corrected chi connectivity index (χ4v) is 1.50. The quantitative estimate of drug-likeness (QED) is 0.639. The summed E-state index contributed by atoms with van der Waals surface area (Å²) in [5.74, 6) is -1.03. The molecule has 0 fully saturated rings. The normalized spacial score (nSPS) is 10.4. The minimum Gasteiger partial charge on any atom is -0.478 e. The number of aromatic amines is 1. The Morgan fingerprint density at radius 2 is 2.05 bits per heavy atom. The van der Waals surface area contributed by atoms with E-state index in [2.05, 4.69) is 20.8 Å². The fraction of sp³-hybridized carbons (Fsp3) is 0. The molecule has 7 heteroatoms. The number of rotatable bonds is 4. The first-order valence-corrected chi connectivity index (χ1v) is 5.71. The lowest BCUT2D eigenvalue weighted by molar-refractivity contribution is -0.131. The highest BCUT2D eigenvalue weighted by molar-refractivity contribution is 5.99. The number of nitrogens with zero attached hydrogens (tertiary/aromatic N) is 1. The van der Waals surface area contributed by atoms with E-state index in [-0.39, 0.29) is 0 Å². The van der Waals surface area contributed by atoms with Gasteiger partial charge in [-0.3, -0.25) is 5.10 Å². The number of aromatic nitrogens is 2. The Hall–Kier alpha value is -3.09. The lowest BCUT2D eigenvalue weighted by Gasteiger charge is -2.06. The SMILES string of the molecule is O=C(O)/C=C/c1cccc(NC(=O)Nc2cn[nH]c2)c1. The molecule has 1 heterocycles. The first-order chi connectivity index (χ1) is 9.63. The Morgan fingerprint density at radius 3 is 2.75 bits per heavy atom. The van der Waals surface area contributed by atoms with Gasteiger partial charge in [-0.2, -0.15) is 5.10 Å². The molecule has 0 radical (unpaired) electrons. The smallest absolute Gasteiger partial charge is 0.328 e. The third-order valence-electron chi connectivity index (χ3n) is 2.32. The molecule has 1 aromatic heterocycles. The summed E-state index contributed by atoms with van der Waals surface area (Å²) in [5, 5.41) is 20.1. The molecule has 0 aliphatic carbocycles. The zero-order chi connectivity index (χ0) is 14.4. The second-order valence-electron chi connectivity index (χ2n) is 3.86. The zero-order valence-electron chi connectivity index (χ0n) is 10.3. The number of H-pyrrole nitrogens is 1. The van der Waals surface area contributed by atoms with Crippen LogP contribution in [0.4, 0.5) is 16.2 Å². The largest absolute Gasteiger partial charge is 0.478 e. The first-order valence-electron chi connectivity index (χ1n) is 5.71. The molecular formula is C13H12N4O3. The van der Waals surface area contributed by atoms with Crippen molar-refractivity contribution < 1.29 is 14.7 Å². The van der Waals surface area contributed by atoms with E-state index in [1.807, 2.05) is 0 Å². The number of carbonyl (C=O) groups is 2. The number of carboxylic acids is 1. The lowest BCUT2D eigenvalue weighted by Crippen LogP contribution is -2.19. The van der Waals surface area contributed by atoms with E-state index in [4.69, 9.17) is 5.11 Å². The summed E-state index contributed by atoms with van der Waals surface area (Å²) in [4.78, 5) is 22.1. The van der Waals surface area contributed by atoms with E-state index in [1.165, 1.54) is 12.3 Å². The van der Waals surface area contributed by atoms with Crippen LogP contribution in [0.25, 0.3) is 6.08 Å². The molecule has 0 saturated heterocycles. The van der Waals surface area contributed by atoms with Crippen molar-refractivity contribution in [3.8, 4) is 0 Å². The molecule has 2 rings (SSSR count). The average Bonchev–Trinajstić information content (AvgIpc) is 2.89. The molecule has 0 bridgehead atoms. The molecule has 4 N–H and O–H groups in total. The van der Waals surface area contributed by atoms with Gasteiger partial charge in [0, 0.05) is 18.0 Å². The van der Waals surface area contributed by atoms with Crippen LogP contribution in [0.3, 0.4) is 0 Å². The summed E-state index contributed by atoms with van der Waals surface area (Å²) in [6, 6.07) is 6.40. The molecule has 102 valence electrons. The Balaban J connectivity index is 2.00. The van der Waals surface area contributed by atoms with Gasteiger partial charge in [-0.25, -0.2) is 9.59 Å². The third kappa shape index (κ3) is 3.98. The van der Waals surface area contributed by atoms with Gasteiger partial charge in [0.1, 0.15) is 0 Å². The topological polar surface area (TPSA) is 107 Å². The predicted octanol–water partition coefficient (Wildman–Crippen LogP) is 2.15. The van der Waals surface area contributed by atoms with Crippen LogP contribution in [0.15, 0.2) is 42.7 Å². The molecule has 0 spiro atoms. The van der Waals surface area contributed by atoms with E-state index in [0.717, 1.165) is 6.08 Å². The molecule has 2 aromatic rings. The number of aliphatic carboxylic acids is 1. The summed E-state index contributed by atoms with van der Waals surface area (Å²) in [6.45, 7) is 0. The van der Waals surface area contributed by atoms with Gasteiger partial charge >= 0.3 is 12.0 Å². The number of urea groups is 1. The van der Waals surface area contributed by atoms with Gasteiger partial charge in [-0.15, -0.1) is 0 Å². The number of carbonyl (C=O) groups excluding carboxylic acids is 1. The van der Waals surface area contributed by atoms with Crippen LogP contribution < -0.4 is 10.6 Å². The van der Waals surface area contributed by atoms with Crippen molar-refractivity contribution in [3.63, 3.8) is 0 Å². The highest BCUT2D eigenvalue weighted by Gasteiger charge is 2.03. The minimum atomic E-state index is -1.03. The van der Waals surface area contributed by atoms with Crippen LogP contribution in [0, 0.1) is 0 Å². The van der Waals surface area contributed by atoms with Gasteiger partial charge in [0.2, 0.25) is 0 Å². The molecule has 0 aliphatic rings. The Bertz CT molecular complexity index is 635. The number of benzene rings is 1. The minimum absolute atomic E-state index is 0.411. The van der Waals surface area contributed by atoms with Gasteiger partial charge < -0.3 is 15.7 Å². The monoisotopic (exact) mass is 272 g/mol. The Labute approximate surface area is 114 Å². The van der Waals surface area contributed by atoms with E-state index in [1.54, 1.807) is 30.5 Å². The van der Waals surface area contributed by atoms with Crippen LogP contribution in [0.5, 0.6) is 0 Å². The van der Waals surface area contributed by atoms with Crippen molar-refractivity contribution in [2.45, 2.75) is 0 Å². The number of hydrogen-bond acceptors (Lipinski definition) is 3. The summed E-state index contributed by atoms with van der Waals surface area (Å²) >= 11 is 0. The summed E-state index contributed by atoms with van der Waals surface area (Å²) in [5.41, 5.74) is 1.77. The fourth-order valence-electron chi connectivity index (χ4n) is 1.50. The van der Waals surface area contributed by atoms with Gasteiger partial charge in [0.25, 0.3) is 0 Å². The standard InChI is InChI=1S/C13H12N4O3/c18-12(19)5-4-9-2-1-3-10(6-9)16-13(20)17-11-7-14-15-8-11/h1-8H,(H,14,15)(H,18,19)(H2,16,17,20)/b5-4+. The molecule has 0 saturated carbocycles. The molecule has 1 aromatic carbocycles. The Morgan fingerprint density at radius 1 is 1.25 bits per heavy atom. The van der Waals surface area contributed by atoms with Crippen molar-refractivity contribution >= 4 is 29.5 Å². The maximum absolute atomic E-state index is 11.7. The number of anilines is 2.